The lowest BCUT2D eigenvalue weighted by molar-refractivity contribution is -0.137. The fourth-order valence-corrected chi connectivity index (χ4v) is 4.23. The number of aromatic hydroxyl groups is 1. The molecule has 0 fully saturated rings. The van der Waals surface area contributed by atoms with Crippen LogP contribution >= 0.6 is 0 Å². The van der Waals surface area contributed by atoms with E-state index >= 15 is 0 Å². The number of carboxylic acid groups (broad SMARTS) is 1. The van der Waals surface area contributed by atoms with Crippen molar-refractivity contribution in [2.75, 3.05) is 0 Å². The highest BCUT2D eigenvalue weighted by Gasteiger charge is 2.41. The molecule has 0 saturated carbocycles. The van der Waals surface area contributed by atoms with Gasteiger partial charge in [0.25, 0.3) is 0 Å². The topological polar surface area (TPSA) is 93.1 Å². The van der Waals surface area contributed by atoms with Gasteiger partial charge >= 0.3 is 5.97 Å². The summed E-state index contributed by atoms with van der Waals surface area (Å²) in [6.07, 6.45) is 6.66. The van der Waals surface area contributed by atoms with Crippen LogP contribution < -0.4 is 9.47 Å². The van der Waals surface area contributed by atoms with E-state index in [0.29, 0.717) is 29.0 Å². The number of fused-ring (bicyclic) bond motifs is 3. The Bertz CT molecular complexity index is 882. The van der Waals surface area contributed by atoms with Gasteiger partial charge in [-0.05, 0) is 39.3 Å². The number of aliphatic carboxylic acids is 1. The summed E-state index contributed by atoms with van der Waals surface area (Å²) in [5.74, 6) is -1.44. The van der Waals surface area contributed by atoms with Crippen LogP contribution in [-0.4, -0.2) is 33.7 Å². The molecule has 0 bridgehead atoms. The summed E-state index contributed by atoms with van der Waals surface area (Å²) in [4.78, 5) is 24.7. The first-order chi connectivity index (χ1) is 14.1. The van der Waals surface area contributed by atoms with Gasteiger partial charge < -0.3 is 19.7 Å². The van der Waals surface area contributed by atoms with Gasteiger partial charge in [0.2, 0.25) is 0 Å². The molecule has 6 nitrogen and oxygen atoms in total. The zero-order valence-electron chi connectivity index (χ0n) is 18.4. The van der Waals surface area contributed by atoms with Crippen LogP contribution in [0.5, 0.6) is 17.2 Å². The minimum absolute atomic E-state index is 0.142. The Morgan fingerprint density at radius 2 is 1.93 bits per heavy atom. The third kappa shape index (κ3) is 4.05. The van der Waals surface area contributed by atoms with E-state index in [1.54, 1.807) is 6.92 Å². The average molecular weight is 417 g/mol. The number of Topliss-reactive ketones (excluding diaryl/α,β-unsaturated/α-hetero) is 1. The Morgan fingerprint density at radius 1 is 1.23 bits per heavy atom. The molecule has 3 atom stereocenters. The van der Waals surface area contributed by atoms with Gasteiger partial charge in [-0.15, -0.1) is 0 Å². The van der Waals surface area contributed by atoms with Gasteiger partial charge in [0.15, 0.2) is 5.78 Å². The lowest BCUT2D eigenvalue weighted by Gasteiger charge is -2.36. The summed E-state index contributed by atoms with van der Waals surface area (Å²) >= 11 is 0. The number of ether oxygens (including phenoxy) is 2. The molecule has 0 saturated heterocycles. The molecule has 30 heavy (non-hydrogen) atoms. The number of hydrogen-bond acceptors (Lipinski definition) is 5. The van der Waals surface area contributed by atoms with Gasteiger partial charge in [0.05, 0.1) is 17.9 Å². The quantitative estimate of drug-likeness (QED) is 0.585. The summed E-state index contributed by atoms with van der Waals surface area (Å²) in [6.45, 7) is 9.48. The number of ketones is 1. The van der Waals surface area contributed by atoms with E-state index in [0.717, 1.165) is 19.3 Å². The second-order valence-electron chi connectivity index (χ2n) is 9.01. The van der Waals surface area contributed by atoms with Gasteiger partial charge in [0, 0.05) is 11.5 Å². The van der Waals surface area contributed by atoms with Crippen LogP contribution in [0.2, 0.25) is 0 Å². The van der Waals surface area contributed by atoms with Gasteiger partial charge in [-0.3, -0.25) is 9.59 Å². The molecule has 0 unspecified atom stereocenters. The molecule has 1 aromatic carbocycles. The number of hydrogen-bond donors (Lipinski definition) is 2. The number of carboxylic acids is 1. The van der Waals surface area contributed by atoms with Crippen LogP contribution in [0.4, 0.5) is 0 Å². The Kier molecular flexibility index (Phi) is 6.16. The number of benzene rings is 1. The van der Waals surface area contributed by atoms with Gasteiger partial charge in [0.1, 0.15) is 34.5 Å². The third-order valence-corrected chi connectivity index (χ3v) is 6.12. The molecule has 1 aromatic rings. The van der Waals surface area contributed by atoms with Crippen LogP contribution in [0.1, 0.15) is 94.1 Å². The van der Waals surface area contributed by atoms with Crippen molar-refractivity contribution in [1.29, 1.82) is 0 Å². The molecule has 0 radical (unpaired) electrons. The number of unbranched alkanes of at least 4 members (excludes halogenated alkanes) is 2. The predicted molar refractivity (Wildman–Crippen MR) is 115 cm³/mol. The van der Waals surface area contributed by atoms with Crippen molar-refractivity contribution >= 4 is 17.8 Å². The Morgan fingerprint density at radius 3 is 2.57 bits per heavy atom. The molecular formula is C24H32O6. The Balaban J connectivity index is 2.25. The van der Waals surface area contributed by atoms with Gasteiger partial charge in [-0.25, -0.2) is 0 Å². The van der Waals surface area contributed by atoms with Crippen LogP contribution in [0.25, 0.3) is 6.08 Å². The zero-order chi connectivity index (χ0) is 22.2. The lowest BCUT2D eigenvalue weighted by atomic mass is 9.81. The number of rotatable bonds is 7. The SMILES string of the molecule is CCCCC[C@H](CC(=O)O)c1c(O)c2c(c3c1OC(C)(C)C=C3)O[C@H](C)[C@@H](C)C2=O. The Labute approximate surface area is 177 Å². The van der Waals surface area contributed by atoms with Crippen LogP contribution in [0.15, 0.2) is 6.08 Å². The zero-order valence-corrected chi connectivity index (χ0v) is 18.4. The minimum atomic E-state index is -0.947. The average Bonchev–Trinajstić information content (AvgIpc) is 2.64. The summed E-state index contributed by atoms with van der Waals surface area (Å²) in [5, 5.41) is 20.8. The molecule has 0 amide bonds. The molecule has 0 aliphatic carbocycles. The molecule has 2 N–H and O–H groups in total. The van der Waals surface area contributed by atoms with E-state index in [1.165, 1.54) is 0 Å². The van der Waals surface area contributed by atoms with Crippen LogP contribution in [0, 0.1) is 5.92 Å². The summed E-state index contributed by atoms with van der Waals surface area (Å²) < 4.78 is 12.3. The molecule has 2 heterocycles. The van der Waals surface area contributed by atoms with Crippen LogP contribution in [0.3, 0.4) is 0 Å². The monoisotopic (exact) mass is 416 g/mol. The number of phenols is 1. The molecule has 2 aliphatic heterocycles. The molecule has 164 valence electrons. The normalized spacial score (nSPS) is 22.5. The predicted octanol–water partition coefficient (Wildman–Crippen LogP) is 5.31. The minimum Gasteiger partial charge on any atom is -0.507 e. The molecule has 0 spiro atoms. The van der Waals surface area contributed by atoms with Crippen molar-refractivity contribution in [3.63, 3.8) is 0 Å². The maximum Gasteiger partial charge on any atom is 0.303 e. The summed E-state index contributed by atoms with van der Waals surface area (Å²) in [5.41, 5.74) is 0.540. The highest BCUT2D eigenvalue weighted by atomic mass is 16.5. The third-order valence-electron chi connectivity index (χ3n) is 6.12. The van der Waals surface area contributed by atoms with Gasteiger partial charge in [-0.2, -0.15) is 0 Å². The second kappa shape index (κ2) is 8.32. The number of phenolic OH excluding ortho intramolecular Hbond substituents is 1. The first kappa shape index (κ1) is 22.2. The summed E-state index contributed by atoms with van der Waals surface area (Å²) in [6, 6.07) is 0. The maximum atomic E-state index is 13.1. The standard InChI is InChI=1S/C24H32O6/c1-6-7-8-9-15(12-17(25)26)18-21(28)19-20(27)13(2)14(3)29-22(19)16-10-11-24(4,5)30-23(16)18/h10-11,13-15,28H,6-9,12H2,1-5H3,(H,25,26)/t13-,14-,15-/m1/s1. The molecule has 0 aromatic heterocycles. The fourth-order valence-electron chi connectivity index (χ4n) is 4.23. The van der Waals surface area contributed by atoms with Crippen molar-refractivity contribution in [2.24, 2.45) is 5.92 Å². The maximum absolute atomic E-state index is 13.1. The van der Waals surface area contributed by atoms with E-state index in [4.69, 9.17) is 9.47 Å². The fraction of sp³-hybridized carbons (Fsp3) is 0.583. The first-order valence-electron chi connectivity index (χ1n) is 10.8. The van der Waals surface area contributed by atoms with Gasteiger partial charge in [-0.1, -0.05) is 33.1 Å². The van der Waals surface area contributed by atoms with Crippen molar-refractivity contribution in [2.45, 2.75) is 84.3 Å². The Hall–Kier alpha value is -2.50. The molecular weight excluding hydrogens is 384 g/mol. The summed E-state index contributed by atoms with van der Waals surface area (Å²) in [7, 11) is 0. The van der Waals surface area contributed by atoms with Crippen molar-refractivity contribution in [3.8, 4) is 17.2 Å². The highest BCUT2D eigenvalue weighted by Crippen LogP contribution is 2.53. The first-order valence-corrected chi connectivity index (χ1v) is 10.8. The van der Waals surface area contributed by atoms with Crippen molar-refractivity contribution < 1.29 is 29.3 Å². The van der Waals surface area contributed by atoms with Crippen LogP contribution in [-0.2, 0) is 4.79 Å². The lowest BCUT2D eigenvalue weighted by Crippen LogP contribution is -2.35. The molecule has 6 heteroatoms. The number of carbonyl (C=O) groups is 2. The molecule has 3 rings (SSSR count). The van der Waals surface area contributed by atoms with E-state index in [-0.39, 0.29) is 29.6 Å². The van der Waals surface area contributed by atoms with Crippen molar-refractivity contribution in [3.05, 3.63) is 22.8 Å². The van der Waals surface area contributed by atoms with E-state index in [1.807, 2.05) is 32.9 Å². The van der Waals surface area contributed by atoms with Crippen molar-refractivity contribution in [1.82, 2.24) is 0 Å². The van der Waals surface area contributed by atoms with E-state index in [9.17, 15) is 19.8 Å². The molecule has 2 aliphatic rings. The smallest absolute Gasteiger partial charge is 0.303 e. The highest BCUT2D eigenvalue weighted by molar-refractivity contribution is 6.06. The number of carbonyl (C=O) groups excluding carboxylic acids is 1. The van der Waals surface area contributed by atoms with E-state index < -0.39 is 23.4 Å². The second-order valence-corrected chi connectivity index (χ2v) is 9.01. The van der Waals surface area contributed by atoms with E-state index in [2.05, 4.69) is 6.92 Å². The largest absolute Gasteiger partial charge is 0.507 e.